The Morgan fingerprint density at radius 3 is 2.50 bits per heavy atom. The largest absolute Gasteiger partial charge is 0.493 e. The number of hydrogen-bond donors (Lipinski definition) is 1. The van der Waals surface area contributed by atoms with E-state index in [2.05, 4.69) is 19.2 Å². The Kier molecular flexibility index (Phi) is 7.09. The maximum Gasteiger partial charge on any atom is 0.223 e. The van der Waals surface area contributed by atoms with E-state index in [9.17, 15) is 9.59 Å². The number of para-hydroxylation sites is 1. The number of amides is 2. The van der Waals surface area contributed by atoms with Gasteiger partial charge in [0, 0.05) is 25.6 Å². The normalized spacial score (nSPS) is 15.4. The molecule has 1 aromatic rings. The third kappa shape index (κ3) is 6.22. The third-order valence-electron chi connectivity index (χ3n) is 4.14. The first-order chi connectivity index (χ1) is 11.5. The van der Waals surface area contributed by atoms with Crippen LogP contribution in [0.2, 0.25) is 0 Å². The second-order valence-electron chi connectivity index (χ2n) is 6.73. The van der Waals surface area contributed by atoms with Gasteiger partial charge in [-0.2, -0.15) is 0 Å². The second kappa shape index (κ2) is 9.30. The molecule has 1 heterocycles. The average Bonchev–Trinajstić information content (AvgIpc) is 2.56. The molecule has 2 rings (SSSR count). The third-order valence-corrected chi connectivity index (χ3v) is 4.14. The quantitative estimate of drug-likeness (QED) is 0.835. The van der Waals surface area contributed by atoms with Crippen LogP contribution in [-0.2, 0) is 9.59 Å². The van der Waals surface area contributed by atoms with Crippen molar-refractivity contribution < 1.29 is 14.3 Å². The van der Waals surface area contributed by atoms with E-state index in [0.717, 1.165) is 31.7 Å². The standard InChI is InChI=1S/C19H28N2O3/c1-15(2)14-19(23)21-11-8-16(9-12-21)20-18(22)10-13-24-17-6-4-3-5-7-17/h3-7,15-16H,8-14H2,1-2H3,(H,20,22). The number of ether oxygens (including phenoxy) is 1. The molecule has 0 radical (unpaired) electrons. The van der Waals surface area contributed by atoms with E-state index in [1.807, 2.05) is 35.2 Å². The Morgan fingerprint density at radius 1 is 1.21 bits per heavy atom. The minimum Gasteiger partial charge on any atom is -0.493 e. The number of carbonyl (C=O) groups excluding carboxylic acids is 2. The van der Waals surface area contributed by atoms with Gasteiger partial charge in [-0.15, -0.1) is 0 Å². The van der Waals surface area contributed by atoms with Crippen molar-refractivity contribution in [2.24, 2.45) is 5.92 Å². The smallest absolute Gasteiger partial charge is 0.223 e. The van der Waals surface area contributed by atoms with Gasteiger partial charge in [0.1, 0.15) is 5.75 Å². The van der Waals surface area contributed by atoms with Crippen LogP contribution in [0.3, 0.4) is 0 Å². The highest BCUT2D eigenvalue weighted by Crippen LogP contribution is 2.14. The van der Waals surface area contributed by atoms with E-state index in [1.165, 1.54) is 0 Å². The molecule has 0 aromatic heterocycles. The molecular formula is C19H28N2O3. The van der Waals surface area contributed by atoms with Crippen LogP contribution in [0.4, 0.5) is 0 Å². The zero-order chi connectivity index (χ0) is 17.4. The zero-order valence-electron chi connectivity index (χ0n) is 14.7. The van der Waals surface area contributed by atoms with E-state index in [-0.39, 0.29) is 17.9 Å². The van der Waals surface area contributed by atoms with Crippen LogP contribution >= 0.6 is 0 Å². The summed E-state index contributed by atoms with van der Waals surface area (Å²) in [7, 11) is 0. The summed E-state index contributed by atoms with van der Waals surface area (Å²) in [6.45, 7) is 5.96. The summed E-state index contributed by atoms with van der Waals surface area (Å²) in [4.78, 5) is 25.9. The Bertz CT molecular complexity index is 523. The van der Waals surface area contributed by atoms with Crippen LogP contribution in [-0.4, -0.2) is 42.5 Å². The summed E-state index contributed by atoms with van der Waals surface area (Å²) in [5, 5.41) is 3.05. The molecule has 1 aliphatic heterocycles. The highest BCUT2D eigenvalue weighted by atomic mass is 16.5. The minimum absolute atomic E-state index is 0.0119. The lowest BCUT2D eigenvalue weighted by atomic mass is 10.0. The molecule has 0 bridgehead atoms. The molecule has 0 unspecified atom stereocenters. The molecule has 5 heteroatoms. The summed E-state index contributed by atoms with van der Waals surface area (Å²) in [6.07, 6.45) is 2.61. The maximum absolute atomic E-state index is 12.0. The van der Waals surface area contributed by atoms with E-state index < -0.39 is 0 Å². The summed E-state index contributed by atoms with van der Waals surface area (Å²) < 4.78 is 5.54. The average molecular weight is 332 g/mol. The lowest BCUT2D eigenvalue weighted by Crippen LogP contribution is -2.46. The molecule has 0 spiro atoms. The van der Waals surface area contributed by atoms with Gasteiger partial charge in [0.15, 0.2) is 0 Å². The van der Waals surface area contributed by atoms with Crippen molar-refractivity contribution in [3.05, 3.63) is 30.3 Å². The Labute approximate surface area is 144 Å². The fourth-order valence-corrected chi connectivity index (χ4v) is 2.83. The predicted molar refractivity (Wildman–Crippen MR) is 93.8 cm³/mol. The lowest BCUT2D eigenvalue weighted by molar-refractivity contribution is -0.133. The highest BCUT2D eigenvalue weighted by molar-refractivity contribution is 5.77. The number of piperidine rings is 1. The van der Waals surface area contributed by atoms with Crippen molar-refractivity contribution in [3.63, 3.8) is 0 Å². The molecule has 132 valence electrons. The summed E-state index contributed by atoms with van der Waals surface area (Å²) in [5.74, 6) is 1.41. The van der Waals surface area contributed by atoms with Crippen molar-refractivity contribution in [1.82, 2.24) is 10.2 Å². The van der Waals surface area contributed by atoms with Gasteiger partial charge in [0.2, 0.25) is 11.8 Å². The van der Waals surface area contributed by atoms with Crippen molar-refractivity contribution in [3.8, 4) is 5.75 Å². The molecule has 0 saturated carbocycles. The Morgan fingerprint density at radius 2 is 1.88 bits per heavy atom. The minimum atomic E-state index is 0.0119. The van der Waals surface area contributed by atoms with Crippen LogP contribution < -0.4 is 10.1 Å². The first-order valence-electron chi connectivity index (χ1n) is 8.79. The number of likely N-dealkylation sites (tertiary alicyclic amines) is 1. The molecule has 1 fully saturated rings. The molecule has 0 atom stereocenters. The van der Waals surface area contributed by atoms with Gasteiger partial charge in [-0.05, 0) is 30.9 Å². The van der Waals surface area contributed by atoms with Gasteiger partial charge in [0.05, 0.1) is 13.0 Å². The second-order valence-corrected chi connectivity index (χ2v) is 6.73. The number of nitrogens with one attached hydrogen (secondary N) is 1. The number of carbonyl (C=O) groups is 2. The molecule has 1 aromatic carbocycles. The molecule has 1 saturated heterocycles. The lowest BCUT2D eigenvalue weighted by Gasteiger charge is -2.32. The topological polar surface area (TPSA) is 58.6 Å². The van der Waals surface area contributed by atoms with Crippen LogP contribution in [0.25, 0.3) is 0 Å². The van der Waals surface area contributed by atoms with Crippen molar-refractivity contribution in [2.45, 2.75) is 45.6 Å². The predicted octanol–water partition coefficient (Wildman–Crippen LogP) is 2.61. The fraction of sp³-hybridized carbons (Fsp3) is 0.579. The fourth-order valence-electron chi connectivity index (χ4n) is 2.83. The number of rotatable bonds is 7. The van der Waals surface area contributed by atoms with Crippen LogP contribution in [0.5, 0.6) is 5.75 Å². The van der Waals surface area contributed by atoms with E-state index >= 15 is 0 Å². The van der Waals surface area contributed by atoms with E-state index in [4.69, 9.17) is 4.74 Å². The summed E-state index contributed by atoms with van der Waals surface area (Å²) >= 11 is 0. The van der Waals surface area contributed by atoms with Crippen LogP contribution in [0.15, 0.2) is 30.3 Å². The van der Waals surface area contributed by atoms with Gasteiger partial charge in [-0.3, -0.25) is 9.59 Å². The van der Waals surface area contributed by atoms with Crippen LogP contribution in [0, 0.1) is 5.92 Å². The molecule has 24 heavy (non-hydrogen) atoms. The van der Waals surface area contributed by atoms with Gasteiger partial charge < -0.3 is 15.0 Å². The zero-order valence-corrected chi connectivity index (χ0v) is 14.7. The number of nitrogens with zero attached hydrogens (tertiary/aromatic N) is 1. The molecule has 2 amide bonds. The Hall–Kier alpha value is -2.04. The first kappa shape index (κ1) is 18.3. The van der Waals surface area contributed by atoms with Crippen LogP contribution in [0.1, 0.15) is 39.5 Å². The van der Waals surface area contributed by atoms with E-state index in [1.54, 1.807) is 0 Å². The van der Waals surface area contributed by atoms with Gasteiger partial charge in [-0.25, -0.2) is 0 Å². The molecule has 1 N–H and O–H groups in total. The molecule has 0 aliphatic carbocycles. The van der Waals surface area contributed by atoms with Crippen molar-refractivity contribution in [1.29, 1.82) is 0 Å². The Balaban J connectivity index is 1.62. The van der Waals surface area contributed by atoms with Gasteiger partial charge in [-0.1, -0.05) is 32.0 Å². The summed E-state index contributed by atoms with van der Waals surface area (Å²) in [5.41, 5.74) is 0. The number of benzene rings is 1. The molecule has 5 nitrogen and oxygen atoms in total. The maximum atomic E-state index is 12.0. The SMILES string of the molecule is CC(C)CC(=O)N1CCC(NC(=O)CCOc2ccccc2)CC1. The van der Waals surface area contributed by atoms with E-state index in [0.29, 0.717) is 25.4 Å². The van der Waals surface area contributed by atoms with Crippen molar-refractivity contribution in [2.75, 3.05) is 19.7 Å². The number of hydrogen-bond acceptors (Lipinski definition) is 3. The summed E-state index contributed by atoms with van der Waals surface area (Å²) in [6, 6.07) is 9.66. The molecule has 1 aliphatic rings. The van der Waals surface area contributed by atoms with Gasteiger partial charge >= 0.3 is 0 Å². The van der Waals surface area contributed by atoms with Crippen molar-refractivity contribution >= 4 is 11.8 Å². The monoisotopic (exact) mass is 332 g/mol. The highest BCUT2D eigenvalue weighted by Gasteiger charge is 2.23. The van der Waals surface area contributed by atoms with Gasteiger partial charge in [0.25, 0.3) is 0 Å². The first-order valence-corrected chi connectivity index (χ1v) is 8.79. The molecular weight excluding hydrogens is 304 g/mol.